The molecule has 2 aliphatic rings. The standard InChI is InChI=1S/C12H11NO5/c14-10-4-7(11(13-10)12(15)16)6-1-2-8-9(3-6)18-5-17-8/h1-3,7,11H,4-5H2,(H,13,14)(H,15,16). The highest BCUT2D eigenvalue weighted by molar-refractivity contribution is 5.89. The maximum atomic E-state index is 11.3. The SMILES string of the molecule is O=C1CC(c2ccc3c(c2)OCO3)C(C(=O)O)N1. The average molecular weight is 249 g/mol. The number of carboxylic acid groups (broad SMARTS) is 1. The van der Waals surface area contributed by atoms with E-state index in [1.165, 1.54) is 0 Å². The summed E-state index contributed by atoms with van der Waals surface area (Å²) >= 11 is 0. The Morgan fingerprint density at radius 1 is 1.33 bits per heavy atom. The van der Waals surface area contributed by atoms with Gasteiger partial charge in [-0.1, -0.05) is 6.07 Å². The fourth-order valence-corrected chi connectivity index (χ4v) is 2.34. The molecule has 94 valence electrons. The van der Waals surface area contributed by atoms with Crippen LogP contribution in [0.2, 0.25) is 0 Å². The molecule has 6 heteroatoms. The first-order valence-electron chi connectivity index (χ1n) is 5.57. The lowest BCUT2D eigenvalue weighted by molar-refractivity contribution is -0.140. The van der Waals surface area contributed by atoms with Crippen molar-refractivity contribution < 1.29 is 24.2 Å². The number of ether oxygens (including phenoxy) is 2. The number of carbonyl (C=O) groups is 2. The number of hydrogen-bond donors (Lipinski definition) is 2. The Labute approximate surface area is 103 Å². The van der Waals surface area contributed by atoms with Crippen LogP contribution in [0.1, 0.15) is 17.9 Å². The summed E-state index contributed by atoms with van der Waals surface area (Å²) in [6.07, 6.45) is 0.177. The Morgan fingerprint density at radius 3 is 2.89 bits per heavy atom. The minimum absolute atomic E-state index is 0.170. The van der Waals surface area contributed by atoms with Crippen LogP contribution in [0.5, 0.6) is 11.5 Å². The Bertz CT molecular complexity index is 527. The van der Waals surface area contributed by atoms with E-state index in [1.54, 1.807) is 18.2 Å². The summed E-state index contributed by atoms with van der Waals surface area (Å²) in [5.74, 6) is -0.406. The van der Waals surface area contributed by atoms with Crippen molar-refractivity contribution >= 4 is 11.9 Å². The summed E-state index contributed by atoms with van der Waals surface area (Å²) in [6.45, 7) is 0.170. The average Bonchev–Trinajstić information content (AvgIpc) is 2.93. The molecule has 0 aliphatic carbocycles. The maximum Gasteiger partial charge on any atom is 0.326 e. The van der Waals surface area contributed by atoms with Crippen LogP contribution in [-0.4, -0.2) is 29.8 Å². The van der Waals surface area contributed by atoms with Gasteiger partial charge in [-0.3, -0.25) is 4.79 Å². The number of rotatable bonds is 2. The second-order valence-electron chi connectivity index (χ2n) is 4.31. The lowest BCUT2D eigenvalue weighted by Crippen LogP contribution is -2.36. The van der Waals surface area contributed by atoms with E-state index in [1.807, 2.05) is 0 Å². The summed E-state index contributed by atoms with van der Waals surface area (Å²) in [5, 5.41) is 11.5. The van der Waals surface area contributed by atoms with Crippen molar-refractivity contribution in [2.45, 2.75) is 18.4 Å². The summed E-state index contributed by atoms with van der Waals surface area (Å²) in [6, 6.07) is 4.37. The molecular formula is C12H11NO5. The zero-order chi connectivity index (χ0) is 12.7. The van der Waals surface area contributed by atoms with E-state index >= 15 is 0 Å². The van der Waals surface area contributed by atoms with E-state index in [-0.39, 0.29) is 25.0 Å². The van der Waals surface area contributed by atoms with Crippen LogP contribution < -0.4 is 14.8 Å². The molecule has 2 N–H and O–H groups in total. The number of nitrogens with one attached hydrogen (secondary N) is 1. The van der Waals surface area contributed by atoms with Crippen molar-refractivity contribution in [1.29, 1.82) is 0 Å². The molecule has 2 aliphatic heterocycles. The van der Waals surface area contributed by atoms with E-state index in [0.29, 0.717) is 11.5 Å². The van der Waals surface area contributed by atoms with Crippen LogP contribution in [0.15, 0.2) is 18.2 Å². The number of benzene rings is 1. The Hall–Kier alpha value is -2.24. The molecule has 1 aromatic carbocycles. The topological polar surface area (TPSA) is 84.9 Å². The van der Waals surface area contributed by atoms with Gasteiger partial charge in [0.2, 0.25) is 12.7 Å². The van der Waals surface area contributed by atoms with E-state index in [9.17, 15) is 9.59 Å². The molecule has 1 saturated heterocycles. The molecular weight excluding hydrogens is 238 g/mol. The number of carbonyl (C=O) groups excluding carboxylic acids is 1. The molecule has 0 saturated carbocycles. The van der Waals surface area contributed by atoms with Crippen molar-refractivity contribution in [1.82, 2.24) is 5.32 Å². The van der Waals surface area contributed by atoms with Crippen LogP contribution in [0, 0.1) is 0 Å². The van der Waals surface area contributed by atoms with Gasteiger partial charge in [-0.2, -0.15) is 0 Å². The summed E-state index contributed by atoms with van der Waals surface area (Å²) < 4.78 is 10.4. The molecule has 0 radical (unpaired) electrons. The van der Waals surface area contributed by atoms with Crippen molar-refractivity contribution in [2.75, 3.05) is 6.79 Å². The highest BCUT2D eigenvalue weighted by atomic mass is 16.7. The molecule has 1 aromatic rings. The lowest BCUT2D eigenvalue weighted by atomic mass is 9.91. The Kier molecular flexibility index (Phi) is 2.36. The molecule has 3 rings (SSSR count). The van der Waals surface area contributed by atoms with E-state index < -0.39 is 12.0 Å². The highest BCUT2D eigenvalue weighted by Crippen LogP contribution is 2.37. The van der Waals surface area contributed by atoms with E-state index in [2.05, 4.69) is 5.32 Å². The van der Waals surface area contributed by atoms with Crippen LogP contribution in [0.4, 0.5) is 0 Å². The van der Waals surface area contributed by atoms with Crippen molar-refractivity contribution in [3.05, 3.63) is 23.8 Å². The van der Waals surface area contributed by atoms with Gasteiger partial charge >= 0.3 is 5.97 Å². The quantitative estimate of drug-likeness (QED) is 0.796. The Morgan fingerprint density at radius 2 is 2.11 bits per heavy atom. The molecule has 2 heterocycles. The van der Waals surface area contributed by atoms with Gasteiger partial charge in [-0.05, 0) is 17.7 Å². The third kappa shape index (κ3) is 1.66. The summed E-state index contributed by atoms with van der Waals surface area (Å²) in [5.41, 5.74) is 0.769. The number of aliphatic carboxylic acids is 1. The fraction of sp³-hybridized carbons (Fsp3) is 0.333. The zero-order valence-corrected chi connectivity index (χ0v) is 9.38. The first-order chi connectivity index (χ1) is 8.65. The van der Waals surface area contributed by atoms with Crippen molar-refractivity contribution in [3.63, 3.8) is 0 Å². The maximum absolute atomic E-state index is 11.3. The molecule has 2 atom stereocenters. The predicted molar refractivity (Wildman–Crippen MR) is 59.5 cm³/mol. The van der Waals surface area contributed by atoms with Gasteiger partial charge in [0.25, 0.3) is 0 Å². The molecule has 18 heavy (non-hydrogen) atoms. The number of fused-ring (bicyclic) bond motifs is 1. The van der Waals surface area contributed by atoms with Gasteiger partial charge in [0.15, 0.2) is 11.5 Å². The predicted octanol–water partition coefficient (Wildman–Crippen LogP) is 0.472. The van der Waals surface area contributed by atoms with Gasteiger partial charge in [0.05, 0.1) is 0 Å². The molecule has 2 unspecified atom stereocenters. The third-order valence-corrected chi connectivity index (χ3v) is 3.21. The van der Waals surface area contributed by atoms with E-state index in [4.69, 9.17) is 14.6 Å². The van der Waals surface area contributed by atoms with Gasteiger partial charge in [-0.25, -0.2) is 4.79 Å². The third-order valence-electron chi connectivity index (χ3n) is 3.21. The minimum Gasteiger partial charge on any atom is -0.480 e. The van der Waals surface area contributed by atoms with Gasteiger partial charge in [-0.15, -0.1) is 0 Å². The largest absolute Gasteiger partial charge is 0.480 e. The molecule has 0 spiro atoms. The van der Waals surface area contributed by atoms with Crippen molar-refractivity contribution in [3.8, 4) is 11.5 Å². The van der Waals surface area contributed by atoms with Crippen LogP contribution in [0.3, 0.4) is 0 Å². The number of hydrogen-bond acceptors (Lipinski definition) is 4. The fourth-order valence-electron chi connectivity index (χ4n) is 2.34. The summed E-state index contributed by atoms with van der Waals surface area (Å²) in [7, 11) is 0. The van der Waals surface area contributed by atoms with Crippen LogP contribution in [0.25, 0.3) is 0 Å². The lowest BCUT2D eigenvalue weighted by Gasteiger charge is -2.15. The van der Waals surface area contributed by atoms with Gasteiger partial charge < -0.3 is 19.9 Å². The number of carboxylic acids is 1. The highest BCUT2D eigenvalue weighted by Gasteiger charge is 2.38. The monoisotopic (exact) mass is 249 g/mol. The molecule has 0 aromatic heterocycles. The number of amides is 1. The molecule has 1 fully saturated rings. The first-order valence-corrected chi connectivity index (χ1v) is 5.57. The smallest absolute Gasteiger partial charge is 0.326 e. The minimum atomic E-state index is -1.02. The summed E-state index contributed by atoms with van der Waals surface area (Å²) in [4.78, 5) is 22.4. The normalized spacial score (nSPS) is 25.0. The van der Waals surface area contributed by atoms with Crippen molar-refractivity contribution in [2.24, 2.45) is 0 Å². The second kappa shape index (κ2) is 3.90. The molecule has 6 nitrogen and oxygen atoms in total. The molecule has 0 bridgehead atoms. The van der Waals surface area contributed by atoms with Crippen LogP contribution >= 0.6 is 0 Å². The Balaban J connectivity index is 1.94. The van der Waals surface area contributed by atoms with E-state index in [0.717, 1.165) is 5.56 Å². The molecule has 1 amide bonds. The first kappa shape index (κ1) is 10.9. The van der Waals surface area contributed by atoms with Crippen LogP contribution in [-0.2, 0) is 9.59 Å². The zero-order valence-electron chi connectivity index (χ0n) is 9.38. The van der Waals surface area contributed by atoms with Gasteiger partial charge in [0, 0.05) is 12.3 Å². The second-order valence-corrected chi connectivity index (χ2v) is 4.31. The van der Waals surface area contributed by atoms with Gasteiger partial charge in [0.1, 0.15) is 6.04 Å².